The molecule has 1 saturated heterocycles. The second-order valence-corrected chi connectivity index (χ2v) is 5.36. The zero-order chi connectivity index (χ0) is 9.97. The van der Waals surface area contributed by atoms with Crippen LogP contribution in [-0.2, 0) is 6.42 Å². The van der Waals surface area contributed by atoms with Gasteiger partial charge in [-0.25, -0.2) is 4.98 Å². The molecule has 14 heavy (non-hydrogen) atoms. The van der Waals surface area contributed by atoms with Crippen molar-refractivity contribution in [2.45, 2.75) is 39.2 Å². The third kappa shape index (κ3) is 2.34. The molecule has 0 unspecified atom stereocenters. The van der Waals surface area contributed by atoms with Crippen LogP contribution in [0.25, 0.3) is 0 Å². The number of nitrogens with one attached hydrogen (secondary N) is 1. The molecule has 2 rings (SSSR count). The highest BCUT2D eigenvalue weighted by atomic mass is 32.1. The third-order valence-electron chi connectivity index (χ3n) is 2.57. The molecule has 1 aliphatic rings. The van der Waals surface area contributed by atoms with Crippen LogP contribution >= 0.6 is 11.3 Å². The van der Waals surface area contributed by atoms with Gasteiger partial charge in [0.2, 0.25) is 0 Å². The Morgan fingerprint density at radius 3 is 3.14 bits per heavy atom. The third-order valence-corrected chi connectivity index (χ3v) is 3.46. The molecule has 0 saturated carbocycles. The monoisotopic (exact) mass is 210 g/mol. The van der Waals surface area contributed by atoms with Crippen molar-refractivity contribution in [1.29, 1.82) is 0 Å². The molecule has 1 aromatic heterocycles. The number of rotatable bonds is 3. The Balaban J connectivity index is 2.01. The number of hydrogen-bond acceptors (Lipinski definition) is 3. The first kappa shape index (κ1) is 10.1. The van der Waals surface area contributed by atoms with Crippen molar-refractivity contribution in [3.63, 3.8) is 0 Å². The van der Waals surface area contributed by atoms with Crippen LogP contribution in [0.4, 0.5) is 0 Å². The number of hydrogen-bond donors (Lipinski definition) is 1. The Kier molecular flexibility index (Phi) is 3.19. The van der Waals surface area contributed by atoms with Crippen molar-refractivity contribution in [1.82, 2.24) is 10.3 Å². The minimum atomic E-state index is 0.534. The Bertz CT molecular complexity index is 287. The topological polar surface area (TPSA) is 24.9 Å². The molecule has 1 N–H and O–H groups in total. The summed E-state index contributed by atoms with van der Waals surface area (Å²) in [7, 11) is 0. The summed E-state index contributed by atoms with van der Waals surface area (Å²) in [4.78, 5) is 4.69. The summed E-state index contributed by atoms with van der Waals surface area (Å²) >= 11 is 1.81. The zero-order valence-electron chi connectivity index (χ0n) is 8.92. The zero-order valence-corrected chi connectivity index (χ0v) is 9.73. The highest BCUT2D eigenvalue weighted by molar-refractivity contribution is 7.09. The van der Waals surface area contributed by atoms with E-state index < -0.39 is 0 Å². The highest BCUT2D eigenvalue weighted by Crippen LogP contribution is 2.25. The molecule has 78 valence electrons. The second-order valence-electron chi connectivity index (χ2n) is 4.41. The molecule has 1 fully saturated rings. The summed E-state index contributed by atoms with van der Waals surface area (Å²) in [5.41, 5.74) is 1.27. The van der Waals surface area contributed by atoms with E-state index in [-0.39, 0.29) is 0 Å². The van der Waals surface area contributed by atoms with Crippen molar-refractivity contribution in [3.8, 4) is 0 Å². The van der Waals surface area contributed by atoms with Gasteiger partial charge in [0.15, 0.2) is 0 Å². The van der Waals surface area contributed by atoms with E-state index in [1.54, 1.807) is 0 Å². The van der Waals surface area contributed by atoms with Crippen molar-refractivity contribution in [2.24, 2.45) is 5.92 Å². The minimum Gasteiger partial charge on any atom is -0.309 e. The Labute approximate surface area is 89.8 Å². The first-order valence-corrected chi connectivity index (χ1v) is 6.31. The van der Waals surface area contributed by atoms with Gasteiger partial charge in [-0.2, -0.15) is 0 Å². The number of nitrogens with zero attached hydrogens (tertiary/aromatic N) is 1. The van der Waals surface area contributed by atoms with Gasteiger partial charge in [0, 0.05) is 11.8 Å². The lowest BCUT2D eigenvalue weighted by Gasteiger charge is -2.05. The molecular weight excluding hydrogens is 192 g/mol. The SMILES string of the molecule is CC(C)Cc1nc([C@H]2CCCN2)cs1. The number of thiazole rings is 1. The summed E-state index contributed by atoms with van der Waals surface area (Å²) in [6, 6.07) is 0.534. The molecule has 1 atom stereocenters. The van der Waals surface area contributed by atoms with Gasteiger partial charge in [-0.15, -0.1) is 11.3 Å². The predicted octanol–water partition coefficient (Wildman–Crippen LogP) is 2.77. The maximum atomic E-state index is 4.69. The minimum absolute atomic E-state index is 0.534. The smallest absolute Gasteiger partial charge is 0.0931 e. The van der Waals surface area contributed by atoms with Gasteiger partial charge in [-0.05, 0) is 25.3 Å². The molecule has 2 nitrogen and oxygen atoms in total. The van der Waals surface area contributed by atoms with Crippen LogP contribution in [-0.4, -0.2) is 11.5 Å². The number of aromatic nitrogens is 1. The average molecular weight is 210 g/mol. The lowest BCUT2D eigenvalue weighted by molar-refractivity contribution is 0.614. The molecule has 0 aliphatic carbocycles. The van der Waals surface area contributed by atoms with Crippen molar-refractivity contribution in [3.05, 3.63) is 16.1 Å². The van der Waals surface area contributed by atoms with E-state index in [4.69, 9.17) is 0 Å². The standard InChI is InChI=1S/C11H18N2S/c1-8(2)6-11-13-10(7-14-11)9-4-3-5-12-9/h7-9,12H,3-6H2,1-2H3/t9-/m1/s1. The van der Waals surface area contributed by atoms with Gasteiger partial charge in [0.05, 0.1) is 16.7 Å². The van der Waals surface area contributed by atoms with Crippen LogP contribution in [0.15, 0.2) is 5.38 Å². The average Bonchev–Trinajstić information content (AvgIpc) is 2.69. The quantitative estimate of drug-likeness (QED) is 0.830. The van der Waals surface area contributed by atoms with Crippen LogP contribution in [0, 0.1) is 5.92 Å². The fraction of sp³-hybridized carbons (Fsp3) is 0.727. The molecule has 2 heterocycles. The summed E-state index contributed by atoms with van der Waals surface area (Å²) < 4.78 is 0. The van der Waals surface area contributed by atoms with E-state index in [1.165, 1.54) is 23.5 Å². The normalized spacial score (nSPS) is 22.1. The summed E-state index contributed by atoms with van der Waals surface area (Å²) in [5.74, 6) is 0.713. The van der Waals surface area contributed by atoms with Gasteiger partial charge < -0.3 is 5.32 Å². The fourth-order valence-electron chi connectivity index (χ4n) is 1.87. The van der Waals surface area contributed by atoms with E-state index >= 15 is 0 Å². The predicted molar refractivity (Wildman–Crippen MR) is 60.6 cm³/mol. The first-order valence-electron chi connectivity index (χ1n) is 5.43. The molecule has 0 bridgehead atoms. The molecule has 0 spiro atoms. The Morgan fingerprint density at radius 1 is 1.64 bits per heavy atom. The van der Waals surface area contributed by atoms with Gasteiger partial charge in [0.1, 0.15) is 0 Å². The van der Waals surface area contributed by atoms with E-state index in [2.05, 4.69) is 29.5 Å². The summed E-state index contributed by atoms with van der Waals surface area (Å²) in [6.45, 7) is 5.64. The van der Waals surface area contributed by atoms with Gasteiger partial charge in [0.25, 0.3) is 0 Å². The van der Waals surface area contributed by atoms with Crippen LogP contribution in [0.5, 0.6) is 0 Å². The Morgan fingerprint density at radius 2 is 2.50 bits per heavy atom. The molecular formula is C11H18N2S. The van der Waals surface area contributed by atoms with Gasteiger partial charge in [-0.3, -0.25) is 0 Å². The highest BCUT2D eigenvalue weighted by Gasteiger charge is 2.18. The molecule has 0 radical (unpaired) electrons. The lowest BCUT2D eigenvalue weighted by atomic mass is 10.1. The molecule has 3 heteroatoms. The fourth-order valence-corrected chi connectivity index (χ4v) is 2.93. The van der Waals surface area contributed by atoms with E-state index in [0.717, 1.165) is 13.0 Å². The van der Waals surface area contributed by atoms with Crippen molar-refractivity contribution in [2.75, 3.05) is 6.54 Å². The first-order chi connectivity index (χ1) is 6.75. The molecule has 1 aromatic rings. The molecule has 1 aliphatic heterocycles. The largest absolute Gasteiger partial charge is 0.309 e. The maximum absolute atomic E-state index is 4.69. The Hall–Kier alpha value is -0.410. The molecule has 0 amide bonds. The van der Waals surface area contributed by atoms with E-state index in [9.17, 15) is 0 Å². The van der Waals surface area contributed by atoms with Crippen LogP contribution in [0.3, 0.4) is 0 Å². The van der Waals surface area contributed by atoms with Gasteiger partial charge in [-0.1, -0.05) is 13.8 Å². The van der Waals surface area contributed by atoms with Crippen molar-refractivity contribution >= 4 is 11.3 Å². The van der Waals surface area contributed by atoms with Crippen LogP contribution in [0.1, 0.15) is 43.4 Å². The molecule has 0 aromatic carbocycles. The van der Waals surface area contributed by atoms with Crippen molar-refractivity contribution < 1.29 is 0 Å². The lowest BCUT2D eigenvalue weighted by Crippen LogP contribution is -2.13. The van der Waals surface area contributed by atoms with Crippen LogP contribution in [0.2, 0.25) is 0 Å². The summed E-state index contributed by atoms with van der Waals surface area (Å²) in [5, 5.41) is 7.00. The summed E-state index contributed by atoms with van der Waals surface area (Å²) in [6.07, 6.45) is 3.67. The maximum Gasteiger partial charge on any atom is 0.0931 e. The van der Waals surface area contributed by atoms with Gasteiger partial charge >= 0.3 is 0 Å². The van der Waals surface area contributed by atoms with E-state index in [0.29, 0.717) is 12.0 Å². The van der Waals surface area contributed by atoms with Crippen LogP contribution < -0.4 is 5.32 Å². The second kappa shape index (κ2) is 4.41. The van der Waals surface area contributed by atoms with E-state index in [1.807, 2.05) is 11.3 Å².